The van der Waals surface area contributed by atoms with E-state index in [9.17, 15) is 8.42 Å². The number of aliphatic imine (C=N–C) groups is 1. The first-order chi connectivity index (χ1) is 8.06. The summed E-state index contributed by atoms with van der Waals surface area (Å²) >= 11 is 6.02. The minimum absolute atomic E-state index is 0.209. The van der Waals surface area contributed by atoms with Gasteiger partial charge in [0.2, 0.25) is 0 Å². The van der Waals surface area contributed by atoms with Gasteiger partial charge in [-0.3, -0.25) is 9.71 Å². The molecule has 0 atom stereocenters. The Morgan fingerprint density at radius 3 is 2.88 bits per heavy atom. The average molecular weight is 273 g/mol. The van der Waals surface area contributed by atoms with Crippen LogP contribution in [0, 0.1) is 0 Å². The molecule has 0 saturated heterocycles. The van der Waals surface area contributed by atoms with Gasteiger partial charge >= 0.3 is 0 Å². The van der Waals surface area contributed by atoms with Gasteiger partial charge in [0.25, 0.3) is 10.0 Å². The number of fused-ring (bicyclic) bond motifs is 1. The molecule has 17 heavy (non-hydrogen) atoms. The Kier molecular flexibility index (Phi) is 3.40. The SMILES string of the molecule is CCCCN=C1NS(=O)(=O)c2cccc(Cl)c21. The maximum absolute atomic E-state index is 11.8. The van der Waals surface area contributed by atoms with Crippen molar-refractivity contribution in [2.45, 2.75) is 24.7 Å². The highest BCUT2D eigenvalue weighted by Crippen LogP contribution is 2.29. The van der Waals surface area contributed by atoms with Crippen LogP contribution in [0.25, 0.3) is 0 Å². The third-order valence-electron chi connectivity index (χ3n) is 2.51. The van der Waals surface area contributed by atoms with Crippen LogP contribution in [0.5, 0.6) is 0 Å². The summed E-state index contributed by atoms with van der Waals surface area (Å²) in [5.74, 6) is 0.360. The van der Waals surface area contributed by atoms with Crippen LogP contribution in [0.1, 0.15) is 25.3 Å². The van der Waals surface area contributed by atoms with Crippen molar-refractivity contribution >= 4 is 27.5 Å². The molecule has 4 nitrogen and oxygen atoms in total. The number of rotatable bonds is 3. The first kappa shape index (κ1) is 12.4. The number of sulfonamides is 1. The molecule has 0 unspecified atom stereocenters. The van der Waals surface area contributed by atoms with Crippen LogP contribution < -0.4 is 4.72 Å². The minimum atomic E-state index is -3.48. The second-order valence-corrected chi connectivity index (χ2v) is 5.86. The highest BCUT2D eigenvalue weighted by Gasteiger charge is 2.32. The molecule has 0 saturated carbocycles. The van der Waals surface area contributed by atoms with Gasteiger partial charge in [0, 0.05) is 6.54 Å². The standard InChI is InChI=1S/C11H13ClN2O2S/c1-2-3-7-13-11-10-8(12)5-4-6-9(10)17(15,16)14-11/h4-6H,2-3,7H2,1H3,(H,13,14). The van der Waals surface area contributed by atoms with E-state index in [0.717, 1.165) is 12.8 Å². The van der Waals surface area contributed by atoms with E-state index in [-0.39, 0.29) is 4.90 Å². The van der Waals surface area contributed by atoms with E-state index in [0.29, 0.717) is 23.0 Å². The summed E-state index contributed by atoms with van der Waals surface area (Å²) in [4.78, 5) is 4.46. The Hall–Kier alpha value is -1.07. The summed E-state index contributed by atoms with van der Waals surface area (Å²) in [7, 11) is -3.48. The Balaban J connectivity index is 2.47. The first-order valence-electron chi connectivity index (χ1n) is 5.42. The summed E-state index contributed by atoms with van der Waals surface area (Å²) in [6.07, 6.45) is 1.93. The number of hydrogen-bond acceptors (Lipinski definition) is 3. The molecular weight excluding hydrogens is 260 g/mol. The maximum atomic E-state index is 11.8. The molecule has 0 radical (unpaired) electrons. The average Bonchev–Trinajstić information content (AvgIpc) is 2.53. The molecule has 0 aliphatic carbocycles. The molecule has 0 aromatic heterocycles. The second-order valence-electron chi connectivity index (χ2n) is 3.80. The molecule has 2 rings (SSSR count). The Morgan fingerprint density at radius 1 is 1.41 bits per heavy atom. The molecule has 6 heteroatoms. The van der Waals surface area contributed by atoms with Gasteiger partial charge in [0.05, 0.1) is 15.5 Å². The number of unbranched alkanes of at least 4 members (excludes halogenated alkanes) is 1. The third-order valence-corrected chi connectivity index (χ3v) is 4.21. The van der Waals surface area contributed by atoms with Gasteiger partial charge in [-0.05, 0) is 18.6 Å². The van der Waals surface area contributed by atoms with Crippen molar-refractivity contribution in [2.75, 3.05) is 6.54 Å². The van der Waals surface area contributed by atoms with Crippen LogP contribution in [0.15, 0.2) is 28.1 Å². The number of benzene rings is 1. The highest BCUT2D eigenvalue weighted by molar-refractivity contribution is 7.90. The van der Waals surface area contributed by atoms with Gasteiger partial charge in [0.15, 0.2) is 0 Å². The predicted octanol–water partition coefficient (Wildman–Crippen LogP) is 2.18. The Morgan fingerprint density at radius 2 is 2.18 bits per heavy atom. The largest absolute Gasteiger partial charge is 0.267 e. The van der Waals surface area contributed by atoms with E-state index in [1.807, 2.05) is 0 Å². The lowest BCUT2D eigenvalue weighted by Crippen LogP contribution is -2.22. The number of nitrogens with zero attached hydrogens (tertiary/aromatic N) is 1. The molecule has 0 fully saturated rings. The molecule has 0 amide bonds. The highest BCUT2D eigenvalue weighted by atomic mass is 35.5. The van der Waals surface area contributed by atoms with E-state index in [2.05, 4.69) is 16.6 Å². The van der Waals surface area contributed by atoms with Crippen molar-refractivity contribution in [1.82, 2.24) is 4.72 Å². The summed E-state index contributed by atoms with van der Waals surface area (Å²) < 4.78 is 26.0. The Labute approximate surface area is 106 Å². The molecule has 1 N–H and O–H groups in total. The summed E-state index contributed by atoms with van der Waals surface area (Å²) in [5, 5.41) is 0.409. The van der Waals surface area contributed by atoms with E-state index < -0.39 is 10.0 Å². The van der Waals surface area contributed by atoms with Crippen LogP contribution in [-0.2, 0) is 10.0 Å². The lowest BCUT2D eigenvalue weighted by molar-refractivity contribution is 0.595. The second kappa shape index (κ2) is 4.66. The predicted molar refractivity (Wildman–Crippen MR) is 68.1 cm³/mol. The molecule has 0 bridgehead atoms. The summed E-state index contributed by atoms with van der Waals surface area (Å²) in [5.41, 5.74) is 0.491. The van der Waals surface area contributed by atoms with Crippen molar-refractivity contribution in [3.8, 4) is 0 Å². The van der Waals surface area contributed by atoms with E-state index >= 15 is 0 Å². The van der Waals surface area contributed by atoms with Crippen molar-refractivity contribution < 1.29 is 8.42 Å². The molecule has 0 spiro atoms. The molecule has 1 aromatic rings. The normalized spacial score (nSPS) is 19.1. The van der Waals surface area contributed by atoms with Crippen molar-refractivity contribution in [3.63, 3.8) is 0 Å². The van der Waals surface area contributed by atoms with Crippen LogP contribution >= 0.6 is 11.6 Å². The van der Waals surface area contributed by atoms with Crippen molar-refractivity contribution in [3.05, 3.63) is 28.8 Å². The zero-order valence-corrected chi connectivity index (χ0v) is 11.0. The van der Waals surface area contributed by atoms with Crippen LogP contribution in [0.3, 0.4) is 0 Å². The summed E-state index contributed by atoms with van der Waals surface area (Å²) in [6, 6.07) is 4.82. The van der Waals surface area contributed by atoms with Gasteiger partial charge in [-0.1, -0.05) is 31.0 Å². The number of nitrogens with one attached hydrogen (secondary N) is 1. The third kappa shape index (κ3) is 2.30. The molecule has 92 valence electrons. The fourth-order valence-corrected chi connectivity index (χ4v) is 3.24. The quantitative estimate of drug-likeness (QED) is 0.858. The van der Waals surface area contributed by atoms with Gasteiger partial charge in [-0.15, -0.1) is 0 Å². The monoisotopic (exact) mass is 272 g/mol. The van der Waals surface area contributed by atoms with Crippen LogP contribution in [-0.4, -0.2) is 20.8 Å². The van der Waals surface area contributed by atoms with Crippen molar-refractivity contribution in [1.29, 1.82) is 0 Å². The lowest BCUT2D eigenvalue weighted by Gasteiger charge is -2.00. The van der Waals surface area contributed by atoms with Crippen LogP contribution in [0.2, 0.25) is 5.02 Å². The van der Waals surface area contributed by atoms with E-state index in [1.165, 1.54) is 6.07 Å². The smallest absolute Gasteiger partial charge is 0.263 e. The van der Waals surface area contributed by atoms with Gasteiger partial charge < -0.3 is 0 Å². The summed E-state index contributed by atoms with van der Waals surface area (Å²) in [6.45, 7) is 2.65. The van der Waals surface area contributed by atoms with Gasteiger partial charge in [-0.25, -0.2) is 8.42 Å². The van der Waals surface area contributed by atoms with Gasteiger partial charge in [0.1, 0.15) is 5.84 Å². The Bertz CT molecular complexity index is 567. The number of amidine groups is 1. The number of halogens is 1. The molecule has 1 heterocycles. The molecular formula is C11H13ClN2O2S. The molecule has 1 aromatic carbocycles. The van der Waals surface area contributed by atoms with Crippen molar-refractivity contribution in [2.24, 2.45) is 4.99 Å². The molecule has 1 aliphatic heterocycles. The zero-order valence-electron chi connectivity index (χ0n) is 9.40. The van der Waals surface area contributed by atoms with Crippen LogP contribution in [0.4, 0.5) is 0 Å². The lowest BCUT2D eigenvalue weighted by atomic mass is 10.2. The van der Waals surface area contributed by atoms with Gasteiger partial charge in [-0.2, -0.15) is 0 Å². The number of hydrogen-bond donors (Lipinski definition) is 1. The fourth-order valence-electron chi connectivity index (χ4n) is 1.65. The topological polar surface area (TPSA) is 58.5 Å². The minimum Gasteiger partial charge on any atom is -0.267 e. The van der Waals surface area contributed by atoms with E-state index in [1.54, 1.807) is 12.1 Å². The van der Waals surface area contributed by atoms with E-state index in [4.69, 9.17) is 11.6 Å². The first-order valence-corrected chi connectivity index (χ1v) is 7.28. The molecule has 1 aliphatic rings. The fraction of sp³-hybridized carbons (Fsp3) is 0.364. The maximum Gasteiger partial charge on any atom is 0.263 e. The zero-order chi connectivity index (χ0) is 12.5.